The third kappa shape index (κ3) is 3.62. The summed E-state index contributed by atoms with van der Waals surface area (Å²) in [6, 6.07) is 0.240. The van der Waals surface area contributed by atoms with Crippen molar-refractivity contribution < 1.29 is 5.11 Å². The zero-order chi connectivity index (χ0) is 14.6. The van der Waals surface area contributed by atoms with Crippen LogP contribution in [0.25, 0.3) is 0 Å². The molecule has 1 aromatic rings. The van der Waals surface area contributed by atoms with Crippen molar-refractivity contribution in [1.82, 2.24) is 9.78 Å². The van der Waals surface area contributed by atoms with E-state index in [-0.39, 0.29) is 12.1 Å². The van der Waals surface area contributed by atoms with Crippen molar-refractivity contribution in [3.8, 4) is 0 Å². The van der Waals surface area contributed by atoms with Gasteiger partial charge in [-0.2, -0.15) is 5.10 Å². The first-order valence-electron chi connectivity index (χ1n) is 7.18. The molecule has 0 radical (unpaired) electrons. The van der Waals surface area contributed by atoms with Crippen LogP contribution < -0.4 is 11.1 Å². The van der Waals surface area contributed by atoms with Crippen LogP contribution in [0.2, 0.25) is 0 Å². The number of nitrogen functional groups attached to an aromatic ring is 1. The fraction of sp³-hybridized carbons (Fsp3) is 0.786. The van der Waals surface area contributed by atoms with Crippen molar-refractivity contribution in [2.24, 2.45) is 5.92 Å². The fourth-order valence-corrected chi connectivity index (χ4v) is 2.31. The van der Waals surface area contributed by atoms with Gasteiger partial charge in [-0.05, 0) is 26.7 Å². The average molecular weight is 268 g/mol. The molecule has 1 rings (SSSR count). The van der Waals surface area contributed by atoms with E-state index in [0.29, 0.717) is 18.2 Å². The number of anilines is 2. The number of nitrogens with one attached hydrogen (secondary N) is 1. The van der Waals surface area contributed by atoms with E-state index in [4.69, 9.17) is 5.73 Å². The maximum Gasteiger partial charge on any atom is 0.148 e. The highest BCUT2D eigenvalue weighted by molar-refractivity contribution is 5.64. The van der Waals surface area contributed by atoms with Gasteiger partial charge >= 0.3 is 0 Å². The van der Waals surface area contributed by atoms with E-state index in [9.17, 15) is 5.11 Å². The molecule has 0 saturated heterocycles. The number of nitrogens with two attached hydrogens (primary N) is 1. The zero-order valence-electron chi connectivity index (χ0n) is 12.8. The first-order valence-corrected chi connectivity index (χ1v) is 7.18. The Morgan fingerprint density at radius 1 is 1.32 bits per heavy atom. The minimum atomic E-state index is -0.356. The van der Waals surface area contributed by atoms with Gasteiger partial charge in [-0.25, -0.2) is 4.68 Å². The van der Waals surface area contributed by atoms with Crippen LogP contribution >= 0.6 is 0 Å². The number of aryl methyl sites for hydroxylation is 1. The van der Waals surface area contributed by atoms with Crippen molar-refractivity contribution >= 4 is 11.5 Å². The largest absolute Gasteiger partial charge is 0.394 e. The number of rotatable bonds is 7. The van der Waals surface area contributed by atoms with Crippen molar-refractivity contribution in [2.75, 3.05) is 17.6 Å². The highest BCUT2D eigenvalue weighted by atomic mass is 16.3. The molecule has 0 spiro atoms. The molecule has 1 heterocycles. The van der Waals surface area contributed by atoms with Crippen LogP contribution in [0.3, 0.4) is 0 Å². The van der Waals surface area contributed by atoms with Gasteiger partial charge in [-0.3, -0.25) is 0 Å². The molecule has 1 unspecified atom stereocenters. The number of nitrogens with zero attached hydrogens (tertiary/aromatic N) is 2. The van der Waals surface area contributed by atoms with Gasteiger partial charge in [0.2, 0.25) is 0 Å². The van der Waals surface area contributed by atoms with E-state index in [2.05, 4.69) is 38.1 Å². The summed E-state index contributed by atoms with van der Waals surface area (Å²) < 4.78 is 1.88. The van der Waals surface area contributed by atoms with Gasteiger partial charge in [0.15, 0.2) is 0 Å². The second-order valence-electron chi connectivity index (χ2n) is 5.41. The minimum absolute atomic E-state index is 0.240. The molecule has 4 N–H and O–H groups in total. The molecular weight excluding hydrogens is 240 g/mol. The smallest absolute Gasteiger partial charge is 0.148 e. The van der Waals surface area contributed by atoms with Crippen LogP contribution in [0.15, 0.2) is 0 Å². The topological polar surface area (TPSA) is 76.1 Å². The Balaban J connectivity index is 2.77. The first-order chi connectivity index (χ1) is 8.92. The summed E-state index contributed by atoms with van der Waals surface area (Å²) in [6.07, 6.45) is 1.61. The molecule has 0 bridgehead atoms. The molecule has 0 aliphatic heterocycles. The molecule has 0 fully saturated rings. The van der Waals surface area contributed by atoms with E-state index in [0.717, 1.165) is 24.4 Å². The van der Waals surface area contributed by atoms with E-state index in [1.165, 1.54) is 0 Å². The maximum absolute atomic E-state index is 10.2. The molecule has 110 valence electrons. The third-order valence-corrected chi connectivity index (χ3v) is 3.69. The number of hydrogen-bond acceptors (Lipinski definition) is 4. The molecular formula is C14H28N4O. The van der Waals surface area contributed by atoms with E-state index >= 15 is 0 Å². The molecule has 5 nitrogen and oxygen atoms in total. The predicted octanol–water partition coefficient (Wildman–Crippen LogP) is 2.56. The zero-order valence-corrected chi connectivity index (χ0v) is 12.8. The molecule has 1 atom stereocenters. The highest BCUT2D eigenvalue weighted by Crippen LogP contribution is 2.26. The van der Waals surface area contributed by atoms with Crippen LogP contribution in [0.4, 0.5) is 11.5 Å². The van der Waals surface area contributed by atoms with Crippen LogP contribution in [0.1, 0.15) is 52.3 Å². The van der Waals surface area contributed by atoms with Crippen LogP contribution in [-0.2, 0) is 0 Å². The highest BCUT2D eigenvalue weighted by Gasteiger charge is 2.18. The van der Waals surface area contributed by atoms with Gasteiger partial charge in [0.05, 0.1) is 17.5 Å². The average Bonchev–Trinajstić information content (AvgIpc) is 2.65. The summed E-state index contributed by atoms with van der Waals surface area (Å²) in [7, 11) is 0. The lowest BCUT2D eigenvalue weighted by Crippen LogP contribution is -2.28. The number of aliphatic hydroxyl groups excluding tert-OH is 1. The number of aliphatic hydroxyl groups is 1. The van der Waals surface area contributed by atoms with Crippen molar-refractivity contribution in [1.29, 1.82) is 0 Å². The molecule has 0 saturated carbocycles. The minimum Gasteiger partial charge on any atom is -0.394 e. The second-order valence-corrected chi connectivity index (χ2v) is 5.41. The predicted molar refractivity (Wildman–Crippen MR) is 80.3 cm³/mol. The summed E-state index contributed by atoms with van der Waals surface area (Å²) in [4.78, 5) is 0. The van der Waals surface area contributed by atoms with E-state index in [1.54, 1.807) is 0 Å². The molecule has 0 amide bonds. The number of aromatic nitrogens is 2. The third-order valence-electron chi connectivity index (χ3n) is 3.69. The quantitative estimate of drug-likeness (QED) is 0.710. The SMILES string of the molecule is CCC(CC)C(O)CNc1c(N)c(C)nn1C(C)C. The monoisotopic (exact) mass is 268 g/mol. The van der Waals surface area contributed by atoms with Gasteiger partial charge in [-0.1, -0.05) is 26.7 Å². The Labute approximate surface area is 116 Å². The van der Waals surface area contributed by atoms with E-state index < -0.39 is 0 Å². The molecule has 0 aliphatic carbocycles. The van der Waals surface area contributed by atoms with E-state index in [1.807, 2.05) is 11.6 Å². The fourth-order valence-electron chi connectivity index (χ4n) is 2.31. The first kappa shape index (κ1) is 15.8. The van der Waals surface area contributed by atoms with Crippen LogP contribution in [0, 0.1) is 12.8 Å². The lowest BCUT2D eigenvalue weighted by molar-refractivity contribution is 0.114. The summed E-state index contributed by atoms with van der Waals surface area (Å²) in [5.41, 5.74) is 7.54. The van der Waals surface area contributed by atoms with Gasteiger partial charge in [0, 0.05) is 12.6 Å². The summed E-state index contributed by atoms with van der Waals surface area (Å²) in [5.74, 6) is 1.14. The lowest BCUT2D eigenvalue weighted by Gasteiger charge is -2.22. The normalized spacial score (nSPS) is 13.3. The summed E-state index contributed by atoms with van der Waals surface area (Å²) in [5, 5.41) is 17.8. The number of hydrogen-bond donors (Lipinski definition) is 3. The van der Waals surface area contributed by atoms with Crippen molar-refractivity contribution in [2.45, 2.75) is 59.6 Å². The van der Waals surface area contributed by atoms with Gasteiger partial charge in [0.1, 0.15) is 5.82 Å². The lowest BCUT2D eigenvalue weighted by atomic mass is 9.96. The van der Waals surface area contributed by atoms with Gasteiger partial charge in [-0.15, -0.1) is 0 Å². The van der Waals surface area contributed by atoms with Gasteiger partial charge in [0.25, 0.3) is 0 Å². The van der Waals surface area contributed by atoms with Crippen LogP contribution in [-0.4, -0.2) is 27.5 Å². The standard InChI is InChI=1S/C14H28N4O/c1-6-11(7-2)12(19)8-16-14-13(15)10(5)17-18(14)9(3)4/h9,11-12,16,19H,6-8,15H2,1-5H3. The second kappa shape index (κ2) is 6.80. The molecule has 1 aromatic heterocycles. The molecule has 5 heteroatoms. The maximum atomic E-state index is 10.2. The Bertz CT molecular complexity index is 396. The van der Waals surface area contributed by atoms with Crippen LogP contribution in [0.5, 0.6) is 0 Å². The molecule has 19 heavy (non-hydrogen) atoms. The Hall–Kier alpha value is -1.23. The summed E-state index contributed by atoms with van der Waals surface area (Å²) in [6.45, 7) is 10.7. The molecule has 0 aliphatic rings. The molecule has 0 aromatic carbocycles. The Morgan fingerprint density at radius 2 is 1.89 bits per heavy atom. The summed E-state index contributed by atoms with van der Waals surface area (Å²) >= 11 is 0. The van der Waals surface area contributed by atoms with Gasteiger partial charge < -0.3 is 16.2 Å². The van der Waals surface area contributed by atoms with Crippen molar-refractivity contribution in [3.63, 3.8) is 0 Å². The Kier molecular flexibility index (Phi) is 5.66. The Morgan fingerprint density at radius 3 is 2.37 bits per heavy atom. The van der Waals surface area contributed by atoms with Crippen molar-refractivity contribution in [3.05, 3.63) is 5.69 Å².